The van der Waals surface area contributed by atoms with Crippen LogP contribution in [0.2, 0.25) is 0 Å². The molecular formula is C17H30N4OS. The fourth-order valence-electron chi connectivity index (χ4n) is 3.45. The fraction of sp³-hybridized carbons (Fsp3) is 0.765. The lowest BCUT2D eigenvalue weighted by Gasteiger charge is -2.31. The van der Waals surface area contributed by atoms with E-state index >= 15 is 0 Å². The number of hydrogen-bond donors (Lipinski definition) is 2. The molecule has 3 atom stereocenters. The van der Waals surface area contributed by atoms with Crippen LogP contribution in [0.4, 0.5) is 4.79 Å². The Balaban J connectivity index is 1.87. The monoisotopic (exact) mass is 338 g/mol. The molecule has 0 saturated heterocycles. The smallest absolute Gasteiger partial charge is 0.315 e. The van der Waals surface area contributed by atoms with Gasteiger partial charge in [-0.1, -0.05) is 12.8 Å². The predicted octanol–water partition coefficient (Wildman–Crippen LogP) is 2.94. The van der Waals surface area contributed by atoms with E-state index in [4.69, 9.17) is 0 Å². The summed E-state index contributed by atoms with van der Waals surface area (Å²) in [4.78, 5) is 12.3. The van der Waals surface area contributed by atoms with Crippen molar-refractivity contribution in [2.45, 2.75) is 70.2 Å². The maximum absolute atomic E-state index is 12.3. The minimum atomic E-state index is -0.0392. The first-order valence-corrected chi connectivity index (χ1v) is 9.80. The summed E-state index contributed by atoms with van der Waals surface area (Å²) < 4.78 is 1.91. The van der Waals surface area contributed by atoms with Gasteiger partial charge in [0, 0.05) is 30.1 Å². The van der Waals surface area contributed by atoms with Crippen LogP contribution in [0.1, 0.15) is 49.6 Å². The van der Waals surface area contributed by atoms with Crippen molar-refractivity contribution in [1.82, 2.24) is 20.4 Å². The third-order valence-corrected chi connectivity index (χ3v) is 6.04. The van der Waals surface area contributed by atoms with Gasteiger partial charge in [-0.3, -0.25) is 4.68 Å². The highest BCUT2D eigenvalue weighted by Crippen LogP contribution is 2.27. The van der Waals surface area contributed by atoms with E-state index in [1.54, 1.807) is 0 Å². The maximum atomic E-state index is 12.3. The van der Waals surface area contributed by atoms with E-state index < -0.39 is 0 Å². The Morgan fingerprint density at radius 2 is 2.09 bits per heavy atom. The summed E-state index contributed by atoms with van der Waals surface area (Å²) in [5.41, 5.74) is 3.46. The summed E-state index contributed by atoms with van der Waals surface area (Å²) in [5.74, 6) is 0. The standard InChI is InChI=1S/C17H30N4OS/c1-11(10-14-12(2)20-21(4)13(14)3)18-17(22)19-15-8-6-7-9-16(15)23-5/h11,15-16H,6-10H2,1-5H3,(H2,18,19,22)/t11-,15+,16-/m1/s1. The molecule has 0 aromatic carbocycles. The summed E-state index contributed by atoms with van der Waals surface area (Å²) in [6.07, 6.45) is 7.74. The zero-order valence-electron chi connectivity index (χ0n) is 15.0. The van der Waals surface area contributed by atoms with Gasteiger partial charge in [-0.25, -0.2) is 4.79 Å². The molecule has 1 aliphatic rings. The highest BCUT2D eigenvalue weighted by Gasteiger charge is 2.26. The number of amides is 2. The quantitative estimate of drug-likeness (QED) is 0.868. The molecular weight excluding hydrogens is 308 g/mol. The normalized spacial score (nSPS) is 22.7. The second-order valence-corrected chi connectivity index (χ2v) is 7.74. The van der Waals surface area contributed by atoms with Crippen molar-refractivity contribution in [2.75, 3.05) is 6.26 Å². The van der Waals surface area contributed by atoms with Crippen molar-refractivity contribution in [3.8, 4) is 0 Å². The first-order valence-electron chi connectivity index (χ1n) is 8.51. The van der Waals surface area contributed by atoms with E-state index in [-0.39, 0.29) is 12.1 Å². The van der Waals surface area contributed by atoms with Gasteiger partial charge in [0.2, 0.25) is 0 Å². The van der Waals surface area contributed by atoms with Crippen LogP contribution in [0, 0.1) is 13.8 Å². The zero-order valence-corrected chi connectivity index (χ0v) is 15.8. The lowest BCUT2D eigenvalue weighted by Crippen LogP contribution is -2.50. The van der Waals surface area contributed by atoms with E-state index in [1.807, 2.05) is 30.4 Å². The minimum absolute atomic E-state index is 0.0392. The summed E-state index contributed by atoms with van der Waals surface area (Å²) in [5, 5.41) is 11.3. The van der Waals surface area contributed by atoms with E-state index in [1.165, 1.54) is 30.5 Å². The molecule has 0 bridgehead atoms. The molecule has 1 heterocycles. The first kappa shape index (κ1) is 18.2. The number of rotatable bonds is 5. The van der Waals surface area contributed by atoms with Crippen LogP contribution in [0.25, 0.3) is 0 Å². The zero-order chi connectivity index (χ0) is 17.0. The minimum Gasteiger partial charge on any atom is -0.335 e. The fourth-order valence-corrected chi connectivity index (χ4v) is 4.38. The Morgan fingerprint density at radius 3 is 2.70 bits per heavy atom. The number of nitrogens with one attached hydrogen (secondary N) is 2. The average Bonchev–Trinajstić information content (AvgIpc) is 2.74. The summed E-state index contributed by atoms with van der Waals surface area (Å²) in [6, 6.07) is 0.350. The van der Waals surface area contributed by atoms with Crippen molar-refractivity contribution < 1.29 is 4.79 Å². The predicted molar refractivity (Wildman–Crippen MR) is 97.1 cm³/mol. The van der Waals surface area contributed by atoms with Gasteiger partial charge in [0.1, 0.15) is 0 Å². The molecule has 0 spiro atoms. The van der Waals surface area contributed by atoms with Gasteiger partial charge in [0.25, 0.3) is 0 Å². The molecule has 1 saturated carbocycles. The van der Waals surface area contributed by atoms with Crippen LogP contribution in [-0.4, -0.2) is 39.4 Å². The SMILES string of the molecule is CS[C@@H]1CCCC[C@@H]1NC(=O)N[C@H](C)Cc1c(C)nn(C)c1C. The Bertz CT molecular complexity index is 543. The third kappa shape index (κ3) is 4.66. The van der Waals surface area contributed by atoms with E-state index in [0.29, 0.717) is 11.3 Å². The number of urea groups is 1. The van der Waals surface area contributed by atoms with Gasteiger partial charge in [-0.2, -0.15) is 16.9 Å². The lowest BCUT2D eigenvalue weighted by atomic mass is 9.95. The highest BCUT2D eigenvalue weighted by molar-refractivity contribution is 7.99. The molecule has 2 amide bonds. The van der Waals surface area contributed by atoms with Crippen LogP contribution < -0.4 is 10.6 Å². The van der Waals surface area contributed by atoms with Crippen LogP contribution in [0.3, 0.4) is 0 Å². The molecule has 0 unspecified atom stereocenters. The van der Waals surface area contributed by atoms with Crippen LogP contribution >= 0.6 is 11.8 Å². The van der Waals surface area contributed by atoms with Crippen molar-refractivity contribution in [1.29, 1.82) is 0 Å². The van der Waals surface area contributed by atoms with Gasteiger partial charge < -0.3 is 10.6 Å². The summed E-state index contributed by atoms with van der Waals surface area (Å²) in [6.45, 7) is 6.16. The van der Waals surface area contributed by atoms with Gasteiger partial charge in [-0.15, -0.1) is 0 Å². The molecule has 1 fully saturated rings. The van der Waals surface area contributed by atoms with Crippen molar-refractivity contribution in [2.24, 2.45) is 7.05 Å². The second-order valence-electron chi connectivity index (χ2n) is 6.66. The molecule has 1 aliphatic carbocycles. The molecule has 2 rings (SSSR count). The molecule has 1 aromatic rings. The molecule has 2 N–H and O–H groups in total. The Kier molecular flexibility index (Phi) is 6.39. The number of hydrogen-bond acceptors (Lipinski definition) is 3. The second kappa shape index (κ2) is 8.08. The van der Waals surface area contributed by atoms with Gasteiger partial charge in [0.15, 0.2) is 0 Å². The van der Waals surface area contributed by atoms with E-state index in [2.05, 4.69) is 35.8 Å². The molecule has 5 nitrogen and oxygen atoms in total. The average molecular weight is 339 g/mol. The number of nitrogens with zero attached hydrogens (tertiary/aromatic N) is 2. The number of carbonyl (C=O) groups excluding carboxylic acids is 1. The van der Waals surface area contributed by atoms with Gasteiger partial charge in [0.05, 0.1) is 5.69 Å². The number of aromatic nitrogens is 2. The van der Waals surface area contributed by atoms with Crippen molar-refractivity contribution in [3.05, 3.63) is 17.0 Å². The van der Waals surface area contributed by atoms with Gasteiger partial charge in [-0.05, 0) is 51.9 Å². The summed E-state index contributed by atoms with van der Waals surface area (Å²) in [7, 11) is 1.96. The van der Waals surface area contributed by atoms with Crippen LogP contribution in [0.15, 0.2) is 0 Å². The Morgan fingerprint density at radius 1 is 1.39 bits per heavy atom. The summed E-state index contributed by atoms with van der Waals surface area (Å²) >= 11 is 1.87. The van der Waals surface area contributed by atoms with E-state index in [0.717, 1.165) is 18.5 Å². The lowest BCUT2D eigenvalue weighted by molar-refractivity contribution is 0.230. The number of thioether (sulfide) groups is 1. The number of carbonyl (C=O) groups is 1. The van der Waals surface area contributed by atoms with Crippen LogP contribution in [0.5, 0.6) is 0 Å². The molecule has 0 radical (unpaired) electrons. The maximum Gasteiger partial charge on any atom is 0.315 e. The molecule has 1 aromatic heterocycles. The van der Waals surface area contributed by atoms with E-state index in [9.17, 15) is 4.79 Å². The number of aryl methyl sites for hydroxylation is 2. The molecule has 6 heteroatoms. The van der Waals surface area contributed by atoms with Gasteiger partial charge >= 0.3 is 6.03 Å². The van der Waals surface area contributed by atoms with Crippen LogP contribution in [-0.2, 0) is 13.5 Å². The topological polar surface area (TPSA) is 59.0 Å². The van der Waals surface area contributed by atoms with Crippen molar-refractivity contribution in [3.63, 3.8) is 0 Å². The highest BCUT2D eigenvalue weighted by atomic mass is 32.2. The Hall–Kier alpha value is -1.17. The molecule has 0 aliphatic heterocycles. The molecule has 23 heavy (non-hydrogen) atoms. The third-order valence-electron chi connectivity index (χ3n) is 4.87. The first-order chi connectivity index (χ1) is 10.9. The molecule has 130 valence electrons. The van der Waals surface area contributed by atoms with Crippen molar-refractivity contribution >= 4 is 17.8 Å². The Labute approximate surface area is 144 Å². The largest absolute Gasteiger partial charge is 0.335 e.